The van der Waals surface area contributed by atoms with Crippen molar-refractivity contribution in [2.75, 3.05) is 18.9 Å². The van der Waals surface area contributed by atoms with Crippen LogP contribution in [-0.2, 0) is 43.0 Å². The van der Waals surface area contributed by atoms with Gasteiger partial charge in [0.05, 0.1) is 6.54 Å². The molecule has 0 aliphatic rings. The first-order chi connectivity index (χ1) is 30.3. The third-order valence-corrected chi connectivity index (χ3v) is 11.7. The number of nitrogens with two attached hydrogens (primary N) is 1. The van der Waals surface area contributed by atoms with E-state index in [1.165, 1.54) is 58.3 Å². The van der Waals surface area contributed by atoms with Crippen molar-refractivity contribution in [3.8, 4) is 0 Å². The monoisotopic (exact) mass is 913 g/mol. The molecule has 0 aromatic carbocycles. The van der Waals surface area contributed by atoms with Crippen molar-refractivity contribution in [2.24, 2.45) is 5.73 Å². The number of carbonyl (C=O) groups excluding carboxylic acids is 6. The number of hydrogen-bond acceptors (Lipinski definition) is 10. The standard InChI is InChI=1S/C48H88N4O10S/c1-5-8-11-14-17-18-19-20-23-24-27-30-42(53)50-41(37-63)48(60)52(38(4)47(59)51-40(46(49)58)33-34-43(54)55)35-39(62-45(57)32-29-26-22-16-13-10-7-3)36-61-44(56)31-28-25-21-15-12-9-6-2/h38-41,63H,5-37H2,1-4H3,(H2,49,58)(H,50,53)(H,51,59)(H,54,55)/t38-,39+,40+,41?/m0/s1. The number of nitrogens with zero attached hydrogens (tertiary/aromatic N) is 1. The van der Waals surface area contributed by atoms with E-state index in [4.69, 9.17) is 15.2 Å². The Balaban J connectivity index is 6.06. The van der Waals surface area contributed by atoms with Crippen molar-refractivity contribution >= 4 is 54.2 Å². The van der Waals surface area contributed by atoms with Crippen LogP contribution in [0.2, 0.25) is 0 Å². The number of amides is 4. The second-order valence-corrected chi connectivity index (χ2v) is 17.6. The molecule has 0 aliphatic heterocycles. The maximum Gasteiger partial charge on any atom is 0.306 e. The average Bonchev–Trinajstić information content (AvgIpc) is 3.25. The minimum Gasteiger partial charge on any atom is -0.481 e. The van der Waals surface area contributed by atoms with Crippen LogP contribution >= 0.6 is 12.6 Å². The summed E-state index contributed by atoms with van der Waals surface area (Å²) in [7, 11) is 0. The van der Waals surface area contributed by atoms with Gasteiger partial charge in [-0.1, -0.05) is 162 Å². The molecule has 15 heteroatoms. The van der Waals surface area contributed by atoms with E-state index in [2.05, 4.69) is 44.0 Å². The van der Waals surface area contributed by atoms with Crippen LogP contribution in [0, 0.1) is 0 Å². The number of ether oxygens (including phenoxy) is 2. The molecule has 0 fully saturated rings. The minimum absolute atomic E-state index is 0.110. The van der Waals surface area contributed by atoms with E-state index in [1.54, 1.807) is 0 Å². The quantitative estimate of drug-likeness (QED) is 0.0223. The molecule has 0 aromatic heterocycles. The van der Waals surface area contributed by atoms with E-state index in [1.807, 2.05) is 0 Å². The Kier molecular flexibility index (Phi) is 38.0. The summed E-state index contributed by atoms with van der Waals surface area (Å²) in [4.78, 5) is 91.9. The molecular weight excluding hydrogens is 825 g/mol. The molecule has 0 saturated heterocycles. The molecule has 63 heavy (non-hydrogen) atoms. The van der Waals surface area contributed by atoms with E-state index >= 15 is 0 Å². The number of aliphatic carboxylic acids is 1. The summed E-state index contributed by atoms with van der Waals surface area (Å²) in [6.45, 7) is 7.14. The van der Waals surface area contributed by atoms with E-state index in [0.29, 0.717) is 19.3 Å². The van der Waals surface area contributed by atoms with Crippen LogP contribution in [0.1, 0.15) is 220 Å². The fourth-order valence-corrected chi connectivity index (χ4v) is 7.57. The maximum atomic E-state index is 14.4. The predicted molar refractivity (Wildman–Crippen MR) is 252 cm³/mol. The largest absolute Gasteiger partial charge is 0.481 e. The fraction of sp³-hybridized carbons (Fsp3) is 0.854. The number of unbranched alkanes of at least 4 members (excludes halogenated alkanes) is 22. The van der Waals surface area contributed by atoms with Crippen molar-refractivity contribution in [3.63, 3.8) is 0 Å². The number of esters is 2. The summed E-state index contributed by atoms with van der Waals surface area (Å²) in [5.41, 5.74) is 5.50. The highest BCUT2D eigenvalue weighted by Crippen LogP contribution is 2.16. The molecule has 4 atom stereocenters. The summed E-state index contributed by atoms with van der Waals surface area (Å²) in [6, 6.07) is -3.85. The van der Waals surface area contributed by atoms with Gasteiger partial charge in [0.15, 0.2) is 6.10 Å². The second-order valence-electron chi connectivity index (χ2n) is 17.2. The van der Waals surface area contributed by atoms with Crippen LogP contribution in [0.25, 0.3) is 0 Å². The number of nitrogens with one attached hydrogen (secondary N) is 2. The average molecular weight is 913 g/mol. The van der Waals surface area contributed by atoms with Crippen LogP contribution in [0.4, 0.5) is 0 Å². The van der Waals surface area contributed by atoms with Crippen LogP contribution in [-0.4, -0.2) is 94.7 Å². The molecule has 0 saturated carbocycles. The second kappa shape index (κ2) is 40.2. The number of carboxylic acids is 1. The van der Waals surface area contributed by atoms with Gasteiger partial charge in [0.1, 0.15) is 24.7 Å². The van der Waals surface area contributed by atoms with Gasteiger partial charge in [-0.3, -0.25) is 33.6 Å². The van der Waals surface area contributed by atoms with Gasteiger partial charge < -0.3 is 35.8 Å². The molecule has 14 nitrogen and oxygen atoms in total. The number of carbonyl (C=O) groups is 7. The smallest absolute Gasteiger partial charge is 0.306 e. The minimum atomic E-state index is -1.35. The van der Waals surface area contributed by atoms with Gasteiger partial charge >= 0.3 is 17.9 Å². The molecule has 0 heterocycles. The summed E-state index contributed by atoms with van der Waals surface area (Å²) < 4.78 is 11.5. The van der Waals surface area contributed by atoms with Gasteiger partial charge in [-0.05, 0) is 32.6 Å². The lowest BCUT2D eigenvalue weighted by molar-refractivity contribution is -0.163. The van der Waals surface area contributed by atoms with Gasteiger partial charge in [-0.25, -0.2) is 0 Å². The molecule has 5 N–H and O–H groups in total. The maximum absolute atomic E-state index is 14.4. The number of primary amides is 1. The molecule has 0 aromatic rings. The third kappa shape index (κ3) is 32.9. The van der Waals surface area contributed by atoms with Crippen molar-refractivity contribution in [2.45, 2.75) is 245 Å². The molecule has 4 amide bonds. The first kappa shape index (κ1) is 59.6. The summed E-state index contributed by atoms with van der Waals surface area (Å²) in [5.74, 6) is -5.18. The molecule has 0 spiro atoms. The first-order valence-electron chi connectivity index (χ1n) is 24.7. The van der Waals surface area contributed by atoms with E-state index in [9.17, 15) is 38.7 Å². The van der Waals surface area contributed by atoms with Crippen LogP contribution in [0.3, 0.4) is 0 Å². The summed E-state index contributed by atoms with van der Waals surface area (Å²) in [5, 5.41) is 14.4. The van der Waals surface area contributed by atoms with Crippen molar-refractivity contribution in [1.29, 1.82) is 0 Å². The summed E-state index contributed by atoms with van der Waals surface area (Å²) >= 11 is 4.38. The van der Waals surface area contributed by atoms with E-state index in [0.717, 1.165) is 94.8 Å². The normalized spacial score (nSPS) is 13.0. The van der Waals surface area contributed by atoms with Crippen molar-refractivity contribution < 1.29 is 48.1 Å². The molecule has 0 rings (SSSR count). The molecule has 1 unspecified atom stereocenters. The molecule has 0 radical (unpaired) electrons. The Bertz CT molecular complexity index is 1270. The Morgan fingerprint density at radius 1 is 0.587 bits per heavy atom. The van der Waals surface area contributed by atoms with Crippen molar-refractivity contribution in [3.05, 3.63) is 0 Å². The molecular formula is C48H88N4O10S. The third-order valence-electron chi connectivity index (χ3n) is 11.4. The Morgan fingerprint density at radius 2 is 1.02 bits per heavy atom. The zero-order valence-corrected chi connectivity index (χ0v) is 40.6. The predicted octanol–water partition coefficient (Wildman–Crippen LogP) is 8.89. The SMILES string of the molecule is CCCCCCCCCCCCCC(=O)NC(CS)C(=O)N(C[C@H](COC(=O)CCCCCCCCC)OC(=O)CCCCCCCCC)[C@@H](C)C(=O)N[C@H](CCC(=O)O)C(N)=O. The highest BCUT2D eigenvalue weighted by molar-refractivity contribution is 7.80. The number of rotatable bonds is 43. The van der Waals surface area contributed by atoms with E-state index in [-0.39, 0.29) is 44.0 Å². The van der Waals surface area contributed by atoms with Gasteiger partial charge in [-0.15, -0.1) is 0 Å². The number of carboxylic acid groups (broad SMARTS) is 1. The summed E-state index contributed by atoms with van der Waals surface area (Å²) in [6.07, 6.45) is 25.0. The van der Waals surface area contributed by atoms with Gasteiger partial charge in [0.25, 0.3) is 0 Å². The molecule has 0 bridgehead atoms. The lowest BCUT2D eigenvalue weighted by Gasteiger charge is -2.34. The van der Waals surface area contributed by atoms with Crippen molar-refractivity contribution in [1.82, 2.24) is 15.5 Å². The Labute approximate surface area is 385 Å². The zero-order valence-electron chi connectivity index (χ0n) is 39.7. The molecule has 366 valence electrons. The fourth-order valence-electron chi connectivity index (χ4n) is 7.33. The molecule has 0 aliphatic carbocycles. The van der Waals surface area contributed by atoms with Crippen LogP contribution < -0.4 is 16.4 Å². The highest BCUT2D eigenvalue weighted by Gasteiger charge is 2.35. The number of hydrogen-bond donors (Lipinski definition) is 5. The van der Waals surface area contributed by atoms with Gasteiger partial charge in [0, 0.05) is 31.4 Å². The highest BCUT2D eigenvalue weighted by atomic mass is 32.1. The Morgan fingerprint density at radius 3 is 1.44 bits per heavy atom. The zero-order chi connectivity index (χ0) is 47.1. The van der Waals surface area contributed by atoms with Gasteiger partial charge in [-0.2, -0.15) is 12.6 Å². The lowest BCUT2D eigenvalue weighted by Crippen LogP contribution is -2.59. The lowest BCUT2D eigenvalue weighted by atomic mass is 10.1. The van der Waals surface area contributed by atoms with Gasteiger partial charge in [0.2, 0.25) is 23.6 Å². The van der Waals surface area contributed by atoms with Crippen LogP contribution in [0.15, 0.2) is 0 Å². The number of thiol groups is 1. The topological polar surface area (TPSA) is 212 Å². The first-order valence-corrected chi connectivity index (χ1v) is 25.3. The van der Waals surface area contributed by atoms with E-state index < -0.39 is 72.8 Å². The Hall–Kier alpha value is -3.36. The van der Waals surface area contributed by atoms with Crippen LogP contribution in [0.5, 0.6) is 0 Å².